The van der Waals surface area contributed by atoms with Gasteiger partial charge in [-0.3, -0.25) is 9.59 Å². The normalized spacial score (nSPS) is 19.5. The van der Waals surface area contributed by atoms with Crippen LogP contribution in [0.25, 0.3) is 0 Å². The van der Waals surface area contributed by atoms with E-state index in [9.17, 15) is 9.59 Å². The van der Waals surface area contributed by atoms with Crippen LogP contribution >= 0.6 is 0 Å². The van der Waals surface area contributed by atoms with Crippen LogP contribution in [-0.4, -0.2) is 60.0 Å². The number of hydrogen-bond donors (Lipinski definition) is 1. The summed E-state index contributed by atoms with van der Waals surface area (Å²) in [5.74, 6) is 0.0501. The standard InChI is InChI=1S/C12H22N2O3/c1-13(2)12(17)10-6-5-8-14(10)11(16)7-3-4-9-15/h10,15H,3-9H2,1-2H3. The van der Waals surface area contributed by atoms with Crippen LogP contribution in [0.15, 0.2) is 0 Å². The fourth-order valence-corrected chi connectivity index (χ4v) is 2.15. The highest BCUT2D eigenvalue weighted by Crippen LogP contribution is 2.20. The Balaban J connectivity index is 2.51. The molecule has 1 fully saturated rings. The van der Waals surface area contributed by atoms with Gasteiger partial charge in [-0.1, -0.05) is 0 Å². The molecule has 2 amide bonds. The molecule has 1 unspecified atom stereocenters. The molecule has 5 heteroatoms. The smallest absolute Gasteiger partial charge is 0.244 e. The van der Waals surface area contributed by atoms with E-state index in [2.05, 4.69) is 0 Å². The topological polar surface area (TPSA) is 60.9 Å². The summed E-state index contributed by atoms with van der Waals surface area (Å²) < 4.78 is 0. The minimum Gasteiger partial charge on any atom is -0.396 e. The first kappa shape index (κ1) is 14.0. The van der Waals surface area contributed by atoms with Crippen molar-refractivity contribution < 1.29 is 14.7 Å². The fourth-order valence-electron chi connectivity index (χ4n) is 2.15. The minimum absolute atomic E-state index is 0.0120. The van der Waals surface area contributed by atoms with Gasteiger partial charge >= 0.3 is 0 Å². The zero-order valence-corrected chi connectivity index (χ0v) is 10.7. The lowest BCUT2D eigenvalue weighted by atomic mass is 10.1. The highest BCUT2D eigenvalue weighted by Gasteiger charge is 2.34. The molecule has 1 rings (SSSR count). The number of nitrogens with zero attached hydrogens (tertiary/aromatic N) is 2. The van der Waals surface area contributed by atoms with E-state index in [0.29, 0.717) is 25.8 Å². The second-order valence-corrected chi connectivity index (χ2v) is 4.66. The van der Waals surface area contributed by atoms with Gasteiger partial charge in [0.1, 0.15) is 6.04 Å². The number of likely N-dealkylation sites (N-methyl/N-ethyl adjacent to an activating group) is 1. The van der Waals surface area contributed by atoms with Crippen molar-refractivity contribution in [2.24, 2.45) is 0 Å². The van der Waals surface area contributed by atoms with E-state index < -0.39 is 0 Å². The monoisotopic (exact) mass is 242 g/mol. The van der Waals surface area contributed by atoms with Crippen LogP contribution in [0, 0.1) is 0 Å². The Kier molecular flexibility index (Phi) is 5.41. The molecule has 1 aliphatic rings. The SMILES string of the molecule is CN(C)C(=O)C1CCCN1C(=O)CCCCO. The molecule has 0 aromatic rings. The van der Waals surface area contributed by atoms with E-state index in [1.165, 1.54) is 0 Å². The third kappa shape index (κ3) is 3.70. The van der Waals surface area contributed by atoms with Crippen LogP contribution in [0.5, 0.6) is 0 Å². The average Bonchev–Trinajstić information content (AvgIpc) is 2.76. The molecule has 1 atom stereocenters. The van der Waals surface area contributed by atoms with Crippen LogP contribution in [0.4, 0.5) is 0 Å². The summed E-state index contributed by atoms with van der Waals surface area (Å²) in [6, 6.07) is -0.272. The predicted octanol–water partition coefficient (Wildman–Crippen LogP) is 0.228. The number of rotatable bonds is 5. The summed E-state index contributed by atoms with van der Waals surface area (Å²) in [4.78, 5) is 27.1. The summed E-state index contributed by atoms with van der Waals surface area (Å²) in [6.45, 7) is 0.801. The Morgan fingerprint density at radius 1 is 1.35 bits per heavy atom. The molecule has 0 radical (unpaired) electrons. The summed E-state index contributed by atoms with van der Waals surface area (Å²) in [5.41, 5.74) is 0. The quantitative estimate of drug-likeness (QED) is 0.702. The lowest BCUT2D eigenvalue weighted by molar-refractivity contribution is -0.142. The van der Waals surface area contributed by atoms with Crippen molar-refractivity contribution in [2.75, 3.05) is 27.2 Å². The molecule has 0 bridgehead atoms. The third-order valence-electron chi connectivity index (χ3n) is 3.10. The highest BCUT2D eigenvalue weighted by atomic mass is 16.3. The van der Waals surface area contributed by atoms with Gasteiger partial charge < -0.3 is 14.9 Å². The van der Waals surface area contributed by atoms with Crippen molar-refractivity contribution in [2.45, 2.75) is 38.1 Å². The van der Waals surface area contributed by atoms with Crippen molar-refractivity contribution in [1.82, 2.24) is 9.80 Å². The zero-order valence-electron chi connectivity index (χ0n) is 10.7. The van der Waals surface area contributed by atoms with Gasteiger partial charge in [-0.05, 0) is 25.7 Å². The van der Waals surface area contributed by atoms with Crippen LogP contribution in [0.1, 0.15) is 32.1 Å². The van der Waals surface area contributed by atoms with Gasteiger partial charge in [0.15, 0.2) is 0 Å². The molecule has 1 N–H and O–H groups in total. The fraction of sp³-hybridized carbons (Fsp3) is 0.833. The maximum Gasteiger partial charge on any atom is 0.244 e. The number of amides is 2. The predicted molar refractivity (Wildman–Crippen MR) is 64.4 cm³/mol. The molecule has 17 heavy (non-hydrogen) atoms. The van der Waals surface area contributed by atoms with Crippen LogP contribution < -0.4 is 0 Å². The van der Waals surface area contributed by atoms with Gasteiger partial charge in [-0.2, -0.15) is 0 Å². The molecule has 1 heterocycles. The molecular weight excluding hydrogens is 220 g/mol. The maximum absolute atomic E-state index is 11.9. The minimum atomic E-state index is -0.272. The van der Waals surface area contributed by atoms with Crippen molar-refractivity contribution in [1.29, 1.82) is 0 Å². The van der Waals surface area contributed by atoms with E-state index in [1.807, 2.05) is 0 Å². The van der Waals surface area contributed by atoms with Gasteiger partial charge in [-0.15, -0.1) is 0 Å². The van der Waals surface area contributed by atoms with Gasteiger partial charge in [0.25, 0.3) is 0 Å². The average molecular weight is 242 g/mol. The number of aliphatic hydroxyl groups excluding tert-OH is 1. The summed E-state index contributed by atoms with van der Waals surface area (Å²) >= 11 is 0. The zero-order chi connectivity index (χ0) is 12.8. The Labute approximate surface area is 102 Å². The number of carbonyl (C=O) groups excluding carboxylic acids is 2. The second-order valence-electron chi connectivity index (χ2n) is 4.66. The van der Waals surface area contributed by atoms with Crippen LogP contribution in [0.2, 0.25) is 0 Å². The summed E-state index contributed by atoms with van der Waals surface area (Å²) in [7, 11) is 3.43. The van der Waals surface area contributed by atoms with Crippen LogP contribution in [-0.2, 0) is 9.59 Å². The Morgan fingerprint density at radius 2 is 2.06 bits per heavy atom. The number of likely N-dealkylation sites (tertiary alicyclic amines) is 1. The molecule has 0 saturated carbocycles. The Bertz CT molecular complexity index is 279. The van der Waals surface area contributed by atoms with Gasteiger partial charge in [0.05, 0.1) is 0 Å². The highest BCUT2D eigenvalue weighted by molar-refractivity contribution is 5.88. The molecule has 0 aromatic carbocycles. The molecule has 1 aliphatic heterocycles. The number of aliphatic hydroxyl groups is 1. The van der Waals surface area contributed by atoms with Crippen molar-refractivity contribution >= 4 is 11.8 Å². The lowest BCUT2D eigenvalue weighted by Gasteiger charge is -2.26. The Hall–Kier alpha value is -1.10. The number of unbranched alkanes of at least 4 members (excludes halogenated alkanes) is 1. The van der Waals surface area contributed by atoms with Crippen molar-refractivity contribution in [3.8, 4) is 0 Å². The summed E-state index contributed by atoms with van der Waals surface area (Å²) in [5, 5.41) is 8.67. The molecule has 0 aliphatic carbocycles. The molecule has 5 nitrogen and oxygen atoms in total. The van der Waals surface area contributed by atoms with Gasteiger partial charge in [0, 0.05) is 33.7 Å². The summed E-state index contributed by atoms with van der Waals surface area (Å²) in [6.07, 6.45) is 3.43. The molecule has 0 aromatic heterocycles. The lowest BCUT2D eigenvalue weighted by Crippen LogP contribution is -2.45. The number of hydrogen-bond acceptors (Lipinski definition) is 3. The van der Waals surface area contributed by atoms with Gasteiger partial charge in [0.2, 0.25) is 11.8 Å². The molecule has 0 spiro atoms. The first-order valence-electron chi connectivity index (χ1n) is 6.19. The Morgan fingerprint density at radius 3 is 2.65 bits per heavy atom. The molecule has 98 valence electrons. The van der Waals surface area contributed by atoms with E-state index in [4.69, 9.17) is 5.11 Å². The van der Waals surface area contributed by atoms with Crippen LogP contribution in [0.3, 0.4) is 0 Å². The van der Waals surface area contributed by atoms with E-state index in [-0.39, 0.29) is 24.5 Å². The molecule has 1 saturated heterocycles. The first-order valence-corrected chi connectivity index (χ1v) is 6.19. The largest absolute Gasteiger partial charge is 0.396 e. The first-order chi connectivity index (χ1) is 8.07. The molecular formula is C12H22N2O3. The maximum atomic E-state index is 11.9. The van der Waals surface area contributed by atoms with Crippen molar-refractivity contribution in [3.05, 3.63) is 0 Å². The number of carbonyl (C=O) groups is 2. The van der Waals surface area contributed by atoms with Gasteiger partial charge in [-0.25, -0.2) is 0 Å². The third-order valence-corrected chi connectivity index (χ3v) is 3.10. The van der Waals surface area contributed by atoms with Crippen molar-refractivity contribution in [3.63, 3.8) is 0 Å². The van der Waals surface area contributed by atoms with E-state index in [0.717, 1.165) is 12.8 Å². The van der Waals surface area contributed by atoms with E-state index in [1.54, 1.807) is 23.9 Å². The van der Waals surface area contributed by atoms with E-state index >= 15 is 0 Å². The second kappa shape index (κ2) is 6.59.